The van der Waals surface area contributed by atoms with Crippen molar-refractivity contribution in [2.75, 3.05) is 13.7 Å². The highest BCUT2D eigenvalue weighted by molar-refractivity contribution is 7.07. The Bertz CT molecular complexity index is 2170. The Hall–Kier alpha value is -4.92. The van der Waals surface area contributed by atoms with E-state index < -0.39 is 12.0 Å². The molecule has 0 amide bonds. The molecule has 1 atom stereocenters. The third-order valence-corrected chi connectivity index (χ3v) is 9.49. The van der Waals surface area contributed by atoms with Crippen molar-refractivity contribution >= 4 is 40.7 Å². The van der Waals surface area contributed by atoms with Crippen LogP contribution in [0.5, 0.6) is 11.5 Å². The zero-order valence-corrected chi connectivity index (χ0v) is 28.7. The highest BCUT2D eigenvalue weighted by Gasteiger charge is 2.35. The molecule has 1 aromatic heterocycles. The van der Waals surface area contributed by atoms with Gasteiger partial charge in [0.05, 0.1) is 35.6 Å². The highest BCUT2D eigenvalue weighted by atomic mass is 35.5. The van der Waals surface area contributed by atoms with Crippen molar-refractivity contribution in [3.05, 3.63) is 155 Å². The SMILES string of the molecule is CCOC(=O)C1=C(c2ccccc2)N=c2s/c(=C\c3cccc(OC)c3OCc3ccccc3Cl)c(=O)n2[C@H]1c1ccc(C(C)C)cc1. The number of thiazole rings is 1. The second-order valence-corrected chi connectivity index (χ2v) is 12.9. The summed E-state index contributed by atoms with van der Waals surface area (Å²) in [5.41, 5.74) is 4.66. The number of rotatable bonds is 10. The van der Waals surface area contributed by atoms with Crippen molar-refractivity contribution in [1.29, 1.82) is 0 Å². The number of nitrogens with zero attached hydrogens (tertiary/aromatic N) is 2. The number of esters is 1. The molecular formula is C39H35ClN2O5S. The molecule has 244 valence electrons. The maximum Gasteiger partial charge on any atom is 0.338 e. The van der Waals surface area contributed by atoms with E-state index in [0.29, 0.717) is 48.6 Å². The molecule has 6 rings (SSSR count). The summed E-state index contributed by atoms with van der Waals surface area (Å²) < 4.78 is 19.5. The zero-order chi connectivity index (χ0) is 33.8. The van der Waals surface area contributed by atoms with Gasteiger partial charge in [0.1, 0.15) is 6.61 Å². The van der Waals surface area contributed by atoms with Crippen molar-refractivity contribution < 1.29 is 19.0 Å². The van der Waals surface area contributed by atoms with Crippen LogP contribution in [0.25, 0.3) is 11.8 Å². The van der Waals surface area contributed by atoms with Crippen LogP contribution in [0.15, 0.2) is 112 Å². The molecule has 2 heterocycles. The first-order valence-corrected chi connectivity index (χ1v) is 16.9. The van der Waals surface area contributed by atoms with E-state index in [1.165, 1.54) is 11.3 Å². The van der Waals surface area contributed by atoms with Crippen LogP contribution in [-0.4, -0.2) is 24.3 Å². The van der Waals surface area contributed by atoms with Crippen LogP contribution in [-0.2, 0) is 16.1 Å². The minimum Gasteiger partial charge on any atom is -0.493 e. The molecule has 4 aromatic carbocycles. The predicted octanol–water partition coefficient (Wildman–Crippen LogP) is 7.30. The number of ether oxygens (including phenoxy) is 3. The van der Waals surface area contributed by atoms with Gasteiger partial charge in [-0.2, -0.15) is 0 Å². The molecule has 9 heteroatoms. The van der Waals surface area contributed by atoms with E-state index >= 15 is 0 Å². The Morgan fingerprint density at radius 3 is 2.40 bits per heavy atom. The van der Waals surface area contributed by atoms with Crippen molar-refractivity contribution in [2.24, 2.45) is 4.99 Å². The van der Waals surface area contributed by atoms with Crippen molar-refractivity contribution in [3.63, 3.8) is 0 Å². The predicted molar refractivity (Wildman–Crippen MR) is 190 cm³/mol. The van der Waals surface area contributed by atoms with Gasteiger partial charge < -0.3 is 14.2 Å². The third-order valence-electron chi connectivity index (χ3n) is 8.14. The van der Waals surface area contributed by atoms with Gasteiger partial charge in [-0.1, -0.05) is 122 Å². The topological polar surface area (TPSA) is 79.1 Å². The Morgan fingerprint density at radius 1 is 0.979 bits per heavy atom. The lowest BCUT2D eigenvalue weighted by molar-refractivity contribution is -0.138. The van der Waals surface area contributed by atoms with Crippen molar-refractivity contribution in [3.8, 4) is 11.5 Å². The van der Waals surface area contributed by atoms with E-state index in [2.05, 4.69) is 13.8 Å². The molecule has 0 aliphatic carbocycles. The van der Waals surface area contributed by atoms with Crippen LogP contribution in [0.3, 0.4) is 0 Å². The molecule has 0 radical (unpaired) electrons. The molecule has 7 nitrogen and oxygen atoms in total. The molecule has 0 saturated carbocycles. The van der Waals surface area contributed by atoms with E-state index in [0.717, 1.165) is 22.3 Å². The maximum absolute atomic E-state index is 14.5. The second kappa shape index (κ2) is 14.5. The summed E-state index contributed by atoms with van der Waals surface area (Å²) in [6.45, 7) is 6.40. The molecule has 48 heavy (non-hydrogen) atoms. The Kier molecular flexibility index (Phi) is 9.94. The van der Waals surface area contributed by atoms with Gasteiger partial charge in [-0.3, -0.25) is 9.36 Å². The van der Waals surface area contributed by atoms with E-state index in [1.54, 1.807) is 30.7 Å². The van der Waals surface area contributed by atoms with E-state index in [-0.39, 0.29) is 18.8 Å². The van der Waals surface area contributed by atoms with Gasteiger partial charge in [-0.25, -0.2) is 9.79 Å². The smallest absolute Gasteiger partial charge is 0.338 e. The zero-order valence-electron chi connectivity index (χ0n) is 27.1. The van der Waals surface area contributed by atoms with Crippen LogP contribution < -0.4 is 24.4 Å². The lowest BCUT2D eigenvalue weighted by Gasteiger charge is -2.26. The molecule has 0 bridgehead atoms. The summed E-state index contributed by atoms with van der Waals surface area (Å²) >= 11 is 7.65. The molecule has 0 saturated heterocycles. The van der Waals surface area contributed by atoms with Gasteiger partial charge in [0.25, 0.3) is 5.56 Å². The molecular weight excluding hydrogens is 644 g/mol. The molecule has 5 aromatic rings. The number of carbonyl (C=O) groups excluding carboxylic acids is 1. The van der Waals surface area contributed by atoms with Gasteiger partial charge in [-0.15, -0.1) is 0 Å². The molecule has 1 aliphatic heterocycles. The third kappa shape index (κ3) is 6.59. The van der Waals surface area contributed by atoms with E-state index in [1.807, 2.05) is 91.0 Å². The molecule has 0 spiro atoms. The number of methoxy groups -OCH3 is 1. The molecule has 0 fully saturated rings. The lowest BCUT2D eigenvalue weighted by Crippen LogP contribution is -2.40. The average molecular weight is 679 g/mol. The monoisotopic (exact) mass is 678 g/mol. The lowest BCUT2D eigenvalue weighted by atomic mass is 9.91. The number of para-hydroxylation sites is 1. The van der Waals surface area contributed by atoms with E-state index in [9.17, 15) is 9.59 Å². The van der Waals surface area contributed by atoms with Crippen molar-refractivity contribution in [1.82, 2.24) is 4.57 Å². The number of hydrogen-bond acceptors (Lipinski definition) is 7. The van der Waals surface area contributed by atoms with Gasteiger partial charge >= 0.3 is 5.97 Å². The molecule has 0 N–H and O–H groups in total. The Labute approximate surface area is 288 Å². The minimum absolute atomic E-state index is 0.181. The number of benzene rings is 4. The number of fused-ring (bicyclic) bond motifs is 1. The van der Waals surface area contributed by atoms with Gasteiger partial charge in [0, 0.05) is 21.7 Å². The normalized spacial score (nSPS) is 14.5. The number of halogens is 1. The summed E-state index contributed by atoms with van der Waals surface area (Å²) in [5.74, 6) is 0.792. The summed E-state index contributed by atoms with van der Waals surface area (Å²) in [6.07, 6.45) is 1.78. The Morgan fingerprint density at radius 2 is 1.71 bits per heavy atom. The summed E-state index contributed by atoms with van der Waals surface area (Å²) in [4.78, 5) is 33.7. The summed E-state index contributed by atoms with van der Waals surface area (Å²) in [5, 5.41) is 0.593. The number of carbonyl (C=O) groups is 1. The largest absolute Gasteiger partial charge is 0.493 e. The first-order valence-electron chi connectivity index (χ1n) is 15.7. The van der Waals surface area contributed by atoms with Crippen LogP contribution >= 0.6 is 22.9 Å². The van der Waals surface area contributed by atoms with Crippen LogP contribution in [0.4, 0.5) is 0 Å². The highest BCUT2D eigenvalue weighted by Crippen LogP contribution is 2.36. The summed E-state index contributed by atoms with van der Waals surface area (Å²) in [7, 11) is 1.57. The fourth-order valence-electron chi connectivity index (χ4n) is 5.69. The maximum atomic E-state index is 14.5. The Balaban J connectivity index is 1.56. The summed E-state index contributed by atoms with van der Waals surface area (Å²) in [6, 6.07) is 29.8. The molecule has 0 unspecified atom stereocenters. The van der Waals surface area contributed by atoms with Gasteiger partial charge in [-0.05, 0) is 42.2 Å². The average Bonchev–Trinajstić information content (AvgIpc) is 3.41. The van der Waals surface area contributed by atoms with Crippen LogP contribution in [0, 0.1) is 0 Å². The quantitative estimate of drug-likeness (QED) is 0.145. The van der Waals surface area contributed by atoms with Crippen LogP contribution in [0.1, 0.15) is 60.5 Å². The number of aromatic nitrogens is 1. The van der Waals surface area contributed by atoms with Gasteiger partial charge in [0.15, 0.2) is 16.3 Å². The van der Waals surface area contributed by atoms with Crippen molar-refractivity contribution in [2.45, 2.75) is 39.3 Å². The second-order valence-electron chi connectivity index (χ2n) is 11.5. The minimum atomic E-state index is -0.764. The fraction of sp³-hybridized carbons (Fsp3) is 0.205. The van der Waals surface area contributed by atoms with Crippen LogP contribution in [0.2, 0.25) is 5.02 Å². The molecule has 1 aliphatic rings. The standard InChI is InChI=1S/C39H35ClN2O5S/c1-5-46-38(44)33-34(26-12-7-6-8-13-26)41-39-42(35(33)27-20-18-25(19-21-27)24(2)3)37(43)32(48-39)22-28-15-11-17-31(45-4)36(28)47-23-29-14-9-10-16-30(29)40/h6-22,24,35H,5,23H2,1-4H3/b32-22-/t35-/m0/s1. The first kappa shape index (κ1) is 33.0. The number of hydrogen-bond donors (Lipinski definition) is 0. The fourth-order valence-corrected chi connectivity index (χ4v) is 6.87. The van der Waals surface area contributed by atoms with Gasteiger partial charge in [0.2, 0.25) is 0 Å². The first-order chi connectivity index (χ1) is 23.3. The van der Waals surface area contributed by atoms with E-state index in [4.69, 9.17) is 30.8 Å².